The molecule has 2 aromatic rings. The van der Waals surface area contributed by atoms with Crippen molar-refractivity contribution in [2.24, 2.45) is 0 Å². The van der Waals surface area contributed by atoms with Gasteiger partial charge in [0.15, 0.2) is 0 Å². The molecule has 1 atom stereocenters. The summed E-state index contributed by atoms with van der Waals surface area (Å²) in [6.07, 6.45) is 1.90. The predicted molar refractivity (Wildman–Crippen MR) is 83.7 cm³/mol. The van der Waals surface area contributed by atoms with Crippen LogP contribution in [-0.4, -0.2) is 17.9 Å². The van der Waals surface area contributed by atoms with Crippen molar-refractivity contribution in [3.63, 3.8) is 0 Å². The van der Waals surface area contributed by atoms with Gasteiger partial charge in [0.05, 0.1) is 10.5 Å². The summed E-state index contributed by atoms with van der Waals surface area (Å²) in [5.41, 5.74) is 2.87. The first kappa shape index (κ1) is 14.3. The van der Waals surface area contributed by atoms with Crippen molar-refractivity contribution in [3.05, 3.63) is 69.4 Å². The number of fused-ring (bicyclic) bond motifs is 1. The summed E-state index contributed by atoms with van der Waals surface area (Å²) in [6, 6.07) is 12.8. The van der Waals surface area contributed by atoms with Gasteiger partial charge in [-0.3, -0.25) is 4.79 Å². The molecule has 0 bridgehead atoms. The summed E-state index contributed by atoms with van der Waals surface area (Å²) < 4.78 is 14.0. The van der Waals surface area contributed by atoms with Gasteiger partial charge in [-0.2, -0.15) is 0 Å². The number of rotatable bonds is 2. The number of carbonyl (C=O) groups is 1. The van der Waals surface area contributed by atoms with Crippen LogP contribution in [0.2, 0.25) is 0 Å². The Morgan fingerprint density at radius 3 is 2.81 bits per heavy atom. The Bertz CT molecular complexity index is 701. The van der Waals surface area contributed by atoms with Gasteiger partial charge >= 0.3 is 0 Å². The fourth-order valence-electron chi connectivity index (χ4n) is 2.91. The number of carbonyl (C=O) groups excluding carboxylic acids is 1. The molecule has 3 rings (SSSR count). The highest BCUT2D eigenvalue weighted by Gasteiger charge is 2.28. The third-order valence-corrected chi connectivity index (χ3v) is 4.70. The van der Waals surface area contributed by atoms with Crippen molar-refractivity contribution in [1.82, 2.24) is 4.90 Å². The van der Waals surface area contributed by atoms with E-state index < -0.39 is 5.82 Å². The van der Waals surface area contributed by atoms with Crippen LogP contribution in [0.4, 0.5) is 4.39 Å². The number of aryl methyl sites for hydroxylation is 1. The van der Waals surface area contributed by atoms with Crippen LogP contribution >= 0.6 is 15.9 Å². The Kier molecular flexibility index (Phi) is 3.81. The SMILES string of the molecule is CN(C(=O)c1ccc(Br)c(F)c1)C1CCc2ccccc21. The number of hydrogen-bond donors (Lipinski definition) is 0. The minimum absolute atomic E-state index is 0.0698. The first-order chi connectivity index (χ1) is 10.1. The van der Waals surface area contributed by atoms with Crippen molar-refractivity contribution < 1.29 is 9.18 Å². The van der Waals surface area contributed by atoms with Gasteiger partial charge in [0.2, 0.25) is 0 Å². The molecule has 1 unspecified atom stereocenters. The second-order valence-electron chi connectivity index (χ2n) is 5.30. The van der Waals surface area contributed by atoms with Gasteiger partial charge < -0.3 is 4.90 Å². The van der Waals surface area contributed by atoms with Gasteiger partial charge in [-0.1, -0.05) is 24.3 Å². The third-order valence-electron chi connectivity index (χ3n) is 4.06. The fourth-order valence-corrected chi connectivity index (χ4v) is 3.16. The maximum Gasteiger partial charge on any atom is 0.254 e. The van der Waals surface area contributed by atoms with E-state index in [0.29, 0.717) is 10.0 Å². The smallest absolute Gasteiger partial charge is 0.254 e. The Morgan fingerprint density at radius 2 is 2.05 bits per heavy atom. The van der Waals surface area contributed by atoms with Crippen LogP contribution in [0, 0.1) is 5.82 Å². The zero-order chi connectivity index (χ0) is 15.0. The number of amides is 1. The molecule has 0 radical (unpaired) electrons. The molecule has 108 valence electrons. The molecule has 0 fully saturated rings. The molecule has 0 saturated heterocycles. The zero-order valence-corrected chi connectivity index (χ0v) is 13.2. The average Bonchev–Trinajstić information content (AvgIpc) is 2.92. The van der Waals surface area contributed by atoms with Gasteiger partial charge in [0, 0.05) is 12.6 Å². The van der Waals surface area contributed by atoms with Crippen LogP contribution in [0.25, 0.3) is 0 Å². The van der Waals surface area contributed by atoms with E-state index in [1.165, 1.54) is 17.2 Å². The monoisotopic (exact) mass is 347 g/mol. The van der Waals surface area contributed by atoms with E-state index in [1.807, 2.05) is 12.1 Å². The van der Waals surface area contributed by atoms with E-state index in [-0.39, 0.29) is 11.9 Å². The maximum absolute atomic E-state index is 13.6. The lowest BCUT2D eigenvalue weighted by Gasteiger charge is -2.25. The fraction of sp³-hybridized carbons (Fsp3) is 0.235. The van der Waals surface area contributed by atoms with Gasteiger partial charge in [-0.15, -0.1) is 0 Å². The van der Waals surface area contributed by atoms with Gasteiger partial charge in [-0.25, -0.2) is 4.39 Å². The number of nitrogens with zero attached hydrogens (tertiary/aromatic N) is 1. The quantitative estimate of drug-likeness (QED) is 0.790. The van der Waals surface area contributed by atoms with Crippen molar-refractivity contribution in [2.45, 2.75) is 18.9 Å². The highest BCUT2D eigenvalue weighted by Crippen LogP contribution is 2.35. The molecule has 1 amide bonds. The summed E-state index contributed by atoms with van der Waals surface area (Å²) in [5.74, 6) is -0.566. The molecule has 0 N–H and O–H groups in total. The minimum Gasteiger partial charge on any atom is -0.335 e. The third kappa shape index (κ3) is 2.60. The summed E-state index contributed by atoms with van der Waals surface area (Å²) in [6.45, 7) is 0. The van der Waals surface area contributed by atoms with Crippen LogP contribution in [0.15, 0.2) is 46.9 Å². The van der Waals surface area contributed by atoms with Crippen molar-refractivity contribution in [3.8, 4) is 0 Å². The topological polar surface area (TPSA) is 20.3 Å². The standard InChI is InChI=1S/C17H15BrFNO/c1-20(16-9-7-11-4-2-3-5-13(11)16)17(21)12-6-8-14(18)15(19)10-12/h2-6,8,10,16H,7,9H2,1H3. The van der Waals surface area contributed by atoms with E-state index in [9.17, 15) is 9.18 Å². The molecule has 2 aromatic carbocycles. The molecule has 0 heterocycles. The highest BCUT2D eigenvalue weighted by atomic mass is 79.9. The summed E-state index contributed by atoms with van der Waals surface area (Å²) in [4.78, 5) is 14.3. The van der Waals surface area contributed by atoms with Crippen LogP contribution in [0.5, 0.6) is 0 Å². The molecule has 21 heavy (non-hydrogen) atoms. The summed E-state index contributed by atoms with van der Waals surface area (Å²) in [5, 5.41) is 0. The van der Waals surface area contributed by atoms with Crippen LogP contribution in [0.3, 0.4) is 0 Å². The zero-order valence-electron chi connectivity index (χ0n) is 11.6. The molecule has 4 heteroatoms. The van der Waals surface area contributed by atoms with Crippen molar-refractivity contribution in [1.29, 1.82) is 0 Å². The van der Waals surface area contributed by atoms with Crippen molar-refractivity contribution in [2.75, 3.05) is 7.05 Å². The lowest BCUT2D eigenvalue weighted by Crippen LogP contribution is -2.30. The van der Waals surface area contributed by atoms with Gasteiger partial charge in [0.1, 0.15) is 5.82 Å². The predicted octanol–water partition coefficient (Wildman–Crippen LogP) is 4.35. The lowest BCUT2D eigenvalue weighted by molar-refractivity contribution is 0.0730. The Hall–Kier alpha value is -1.68. The molecular formula is C17H15BrFNO. The largest absolute Gasteiger partial charge is 0.335 e. The number of hydrogen-bond acceptors (Lipinski definition) is 1. The molecule has 1 aliphatic carbocycles. The van der Waals surface area contributed by atoms with Gasteiger partial charge in [0.25, 0.3) is 5.91 Å². The molecule has 0 saturated carbocycles. The number of halogens is 2. The van der Waals surface area contributed by atoms with E-state index in [4.69, 9.17) is 0 Å². The Balaban J connectivity index is 1.87. The molecular weight excluding hydrogens is 333 g/mol. The Morgan fingerprint density at radius 1 is 1.29 bits per heavy atom. The first-order valence-electron chi connectivity index (χ1n) is 6.88. The molecule has 1 aliphatic rings. The molecule has 2 nitrogen and oxygen atoms in total. The first-order valence-corrected chi connectivity index (χ1v) is 7.67. The Labute approximate surface area is 131 Å². The second kappa shape index (κ2) is 5.60. The van der Waals surface area contributed by atoms with Crippen LogP contribution < -0.4 is 0 Å². The van der Waals surface area contributed by atoms with E-state index >= 15 is 0 Å². The molecule has 0 spiro atoms. The van der Waals surface area contributed by atoms with E-state index in [0.717, 1.165) is 12.8 Å². The van der Waals surface area contributed by atoms with E-state index in [1.54, 1.807) is 24.1 Å². The van der Waals surface area contributed by atoms with Crippen LogP contribution in [-0.2, 0) is 6.42 Å². The van der Waals surface area contributed by atoms with Crippen LogP contribution in [0.1, 0.15) is 33.9 Å². The average molecular weight is 348 g/mol. The lowest BCUT2D eigenvalue weighted by atomic mass is 10.1. The summed E-state index contributed by atoms with van der Waals surface area (Å²) >= 11 is 3.10. The number of benzene rings is 2. The molecule has 0 aromatic heterocycles. The summed E-state index contributed by atoms with van der Waals surface area (Å²) in [7, 11) is 1.79. The molecule has 0 aliphatic heterocycles. The minimum atomic E-state index is -0.416. The second-order valence-corrected chi connectivity index (χ2v) is 6.15. The normalized spacial score (nSPS) is 16.6. The van der Waals surface area contributed by atoms with Gasteiger partial charge in [-0.05, 0) is 58.1 Å². The highest BCUT2D eigenvalue weighted by molar-refractivity contribution is 9.10. The van der Waals surface area contributed by atoms with Crippen molar-refractivity contribution >= 4 is 21.8 Å². The maximum atomic E-state index is 13.6. The van der Waals surface area contributed by atoms with E-state index in [2.05, 4.69) is 28.1 Å².